The predicted molar refractivity (Wildman–Crippen MR) is 96.0 cm³/mol. The van der Waals surface area contributed by atoms with Crippen LogP contribution in [0.3, 0.4) is 0 Å². The summed E-state index contributed by atoms with van der Waals surface area (Å²) >= 11 is 0. The zero-order chi connectivity index (χ0) is 18.2. The molecule has 0 aliphatic rings. The molecule has 7 nitrogen and oxygen atoms in total. The zero-order valence-electron chi connectivity index (χ0n) is 14.9. The van der Waals surface area contributed by atoms with Gasteiger partial charge < -0.3 is 15.5 Å². The highest BCUT2D eigenvalue weighted by Crippen LogP contribution is 2.06. The zero-order valence-corrected chi connectivity index (χ0v) is 14.9. The van der Waals surface area contributed by atoms with E-state index in [4.69, 9.17) is 0 Å². The first-order valence-electron chi connectivity index (χ1n) is 8.36. The molecule has 0 radical (unpaired) electrons. The highest BCUT2D eigenvalue weighted by Gasteiger charge is 2.10. The topological polar surface area (TPSA) is 90.1 Å². The summed E-state index contributed by atoms with van der Waals surface area (Å²) in [6.07, 6.45) is 2.54. The van der Waals surface area contributed by atoms with Crippen LogP contribution in [0.1, 0.15) is 41.9 Å². The van der Waals surface area contributed by atoms with E-state index in [0.717, 1.165) is 17.7 Å². The summed E-state index contributed by atoms with van der Waals surface area (Å²) in [6, 6.07) is 9.04. The minimum absolute atomic E-state index is 0.0794. The number of carbonyl (C=O) groups is 2. The summed E-state index contributed by atoms with van der Waals surface area (Å²) in [5.41, 5.74) is 2.42. The molecule has 1 atom stereocenters. The van der Waals surface area contributed by atoms with Crippen molar-refractivity contribution < 1.29 is 9.59 Å². The van der Waals surface area contributed by atoms with E-state index in [-0.39, 0.29) is 18.0 Å². The van der Waals surface area contributed by atoms with Gasteiger partial charge in [-0.2, -0.15) is 5.10 Å². The van der Waals surface area contributed by atoms with Crippen molar-refractivity contribution in [1.29, 1.82) is 0 Å². The van der Waals surface area contributed by atoms with E-state index >= 15 is 0 Å². The molecule has 25 heavy (non-hydrogen) atoms. The van der Waals surface area contributed by atoms with Crippen molar-refractivity contribution >= 4 is 11.9 Å². The van der Waals surface area contributed by atoms with Crippen LogP contribution in [0.2, 0.25) is 0 Å². The van der Waals surface area contributed by atoms with Gasteiger partial charge >= 0.3 is 6.03 Å². The molecule has 1 aromatic heterocycles. The maximum Gasteiger partial charge on any atom is 0.317 e. The van der Waals surface area contributed by atoms with Crippen LogP contribution >= 0.6 is 0 Å². The molecule has 2 aromatic rings. The van der Waals surface area contributed by atoms with Gasteiger partial charge in [-0.05, 0) is 37.1 Å². The van der Waals surface area contributed by atoms with Gasteiger partial charge in [-0.1, -0.05) is 19.1 Å². The molecule has 1 heterocycles. The largest absolute Gasteiger partial charge is 0.350 e. The van der Waals surface area contributed by atoms with Crippen LogP contribution in [0.4, 0.5) is 4.79 Å². The average Bonchev–Trinajstić information content (AvgIpc) is 3.12. The lowest BCUT2D eigenvalue weighted by Crippen LogP contribution is -2.36. The van der Waals surface area contributed by atoms with Gasteiger partial charge in [0.25, 0.3) is 5.91 Å². The van der Waals surface area contributed by atoms with E-state index in [1.54, 1.807) is 30.3 Å². The Morgan fingerprint density at radius 1 is 1.24 bits per heavy atom. The first-order valence-corrected chi connectivity index (χ1v) is 8.36. The summed E-state index contributed by atoms with van der Waals surface area (Å²) in [5.74, 6) is -0.0794. The van der Waals surface area contributed by atoms with Crippen LogP contribution in [0.5, 0.6) is 0 Å². The summed E-state index contributed by atoms with van der Waals surface area (Å²) in [5, 5.41) is 12.5. The molecule has 3 amide bonds. The number of hydrogen-bond acceptors (Lipinski definition) is 3. The molecule has 0 aliphatic carbocycles. The number of rotatable bonds is 7. The summed E-state index contributed by atoms with van der Waals surface area (Å²) < 4.78 is 0. The Kier molecular flexibility index (Phi) is 6.56. The molecule has 0 unspecified atom stereocenters. The fourth-order valence-electron chi connectivity index (χ4n) is 2.20. The standard InChI is InChI=1S/C18H25N5O2/c1-4-13(2)21-17(24)15-7-5-14(6-8-15)11-19-18(25)23(3)12-16-9-10-20-22-16/h5-10,13H,4,11-12H2,1-3H3,(H,19,25)(H,20,22)(H,21,24)/t13-/m0/s1. The molecule has 2 rings (SSSR count). The highest BCUT2D eigenvalue weighted by atomic mass is 16.2. The maximum atomic E-state index is 12.1. The van der Waals surface area contributed by atoms with Crippen molar-refractivity contribution in [2.75, 3.05) is 7.05 Å². The number of carbonyl (C=O) groups excluding carboxylic acids is 2. The van der Waals surface area contributed by atoms with Gasteiger partial charge in [0.1, 0.15) is 0 Å². The lowest BCUT2D eigenvalue weighted by Gasteiger charge is -2.17. The molecule has 0 fully saturated rings. The average molecular weight is 343 g/mol. The first-order chi connectivity index (χ1) is 12.0. The fraction of sp³-hybridized carbons (Fsp3) is 0.389. The quantitative estimate of drug-likeness (QED) is 0.720. The lowest BCUT2D eigenvalue weighted by atomic mass is 10.1. The predicted octanol–water partition coefficient (Wildman–Crippen LogP) is 2.28. The third-order valence-corrected chi connectivity index (χ3v) is 3.96. The molecular weight excluding hydrogens is 318 g/mol. The molecule has 134 valence electrons. The number of nitrogens with one attached hydrogen (secondary N) is 3. The molecule has 0 bridgehead atoms. The van der Waals surface area contributed by atoms with Crippen LogP contribution in [0.15, 0.2) is 36.5 Å². The third kappa shape index (κ3) is 5.63. The molecule has 7 heteroatoms. The Labute approximate surface area is 147 Å². The number of hydrogen-bond donors (Lipinski definition) is 3. The smallest absolute Gasteiger partial charge is 0.317 e. The minimum Gasteiger partial charge on any atom is -0.350 e. The summed E-state index contributed by atoms with van der Waals surface area (Å²) in [6.45, 7) is 4.86. The number of urea groups is 1. The van der Waals surface area contributed by atoms with E-state index < -0.39 is 0 Å². The number of aromatic nitrogens is 2. The number of amides is 3. The molecule has 0 saturated heterocycles. The van der Waals surface area contributed by atoms with E-state index in [0.29, 0.717) is 18.7 Å². The van der Waals surface area contributed by atoms with Crippen LogP contribution < -0.4 is 10.6 Å². The molecule has 0 spiro atoms. The monoisotopic (exact) mass is 343 g/mol. The second-order valence-corrected chi connectivity index (χ2v) is 6.08. The SMILES string of the molecule is CC[C@H](C)NC(=O)c1ccc(CNC(=O)N(C)Cc2ccn[nH]2)cc1. The second-order valence-electron chi connectivity index (χ2n) is 6.08. The fourth-order valence-corrected chi connectivity index (χ4v) is 2.20. The van der Waals surface area contributed by atoms with Crippen molar-refractivity contribution in [3.8, 4) is 0 Å². The van der Waals surface area contributed by atoms with Crippen LogP contribution in [-0.2, 0) is 13.1 Å². The number of benzene rings is 1. The van der Waals surface area contributed by atoms with Gasteiger partial charge in [-0.3, -0.25) is 9.89 Å². The van der Waals surface area contributed by atoms with Crippen LogP contribution in [-0.4, -0.2) is 40.1 Å². The Bertz CT molecular complexity index is 682. The Morgan fingerprint density at radius 3 is 2.56 bits per heavy atom. The van der Waals surface area contributed by atoms with Crippen molar-refractivity contribution in [3.05, 3.63) is 53.3 Å². The van der Waals surface area contributed by atoms with Gasteiger partial charge in [0.2, 0.25) is 0 Å². The summed E-state index contributed by atoms with van der Waals surface area (Å²) in [4.78, 5) is 25.7. The van der Waals surface area contributed by atoms with Crippen molar-refractivity contribution in [1.82, 2.24) is 25.7 Å². The van der Waals surface area contributed by atoms with Crippen molar-refractivity contribution in [2.45, 2.75) is 39.4 Å². The number of H-pyrrole nitrogens is 1. The minimum atomic E-state index is -0.173. The third-order valence-electron chi connectivity index (χ3n) is 3.96. The van der Waals surface area contributed by atoms with Crippen LogP contribution in [0, 0.1) is 0 Å². The molecule has 0 aliphatic heterocycles. The Morgan fingerprint density at radius 2 is 1.96 bits per heavy atom. The second kappa shape index (κ2) is 8.86. The van der Waals surface area contributed by atoms with E-state index in [1.165, 1.54) is 0 Å². The van der Waals surface area contributed by atoms with Crippen molar-refractivity contribution in [3.63, 3.8) is 0 Å². The maximum absolute atomic E-state index is 12.1. The summed E-state index contributed by atoms with van der Waals surface area (Å²) in [7, 11) is 1.72. The Balaban J connectivity index is 1.82. The van der Waals surface area contributed by atoms with E-state index in [1.807, 2.05) is 32.0 Å². The van der Waals surface area contributed by atoms with Crippen molar-refractivity contribution in [2.24, 2.45) is 0 Å². The van der Waals surface area contributed by atoms with Gasteiger partial charge in [0.05, 0.1) is 12.2 Å². The van der Waals surface area contributed by atoms with E-state index in [2.05, 4.69) is 20.8 Å². The number of nitrogens with zero attached hydrogens (tertiary/aromatic N) is 2. The van der Waals surface area contributed by atoms with Gasteiger partial charge in [0.15, 0.2) is 0 Å². The highest BCUT2D eigenvalue weighted by molar-refractivity contribution is 5.94. The van der Waals surface area contributed by atoms with Crippen LogP contribution in [0.25, 0.3) is 0 Å². The Hall–Kier alpha value is -2.83. The first kappa shape index (κ1) is 18.5. The normalized spacial score (nSPS) is 11.6. The molecule has 0 saturated carbocycles. The van der Waals surface area contributed by atoms with E-state index in [9.17, 15) is 9.59 Å². The lowest BCUT2D eigenvalue weighted by molar-refractivity contribution is 0.0939. The van der Waals surface area contributed by atoms with Gasteiger partial charge in [-0.15, -0.1) is 0 Å². The molecular formula is C18H25N5O2. The molecule has 1 aromatic carbocycles. The number of aromatic amines is 1. The van der Waals surface area contributed by atoms with Gasteiger partial charge in [0, 0.05) is 31.4 Å². The van der Waals surface area contributed by atoms with Gasteiger partial charge in [-0.25, -0.2) is 4.79 Å². The molecule has 3 N–H and O–H groups in total.